The molecule has 0 saturated heterocycles. The molecule has 2 N–H and O–H groups in total. The topological polar surface area (TPSA) is 140 Å². The highest BCUT2D eigenvalue weighted by molar-refractivity contribution is 8.04. The quantitative estimate of drug-likeness (QED) is 0.180. The number of nitrogens with one attached hydrogen (secondary N) is 1. The summed E-state index contributed by atoms with van der Waals surface area (Å²) in [6.45, 7) is 2.17. The van der Waals surface area contributed by atoms with Crippen LogP contribution in [0.25, 0.3) is 6.08 Å². The predicted octanol–water partition coefficient (Wildman–Crippen LogP) is 4.47. The van der Waals surface area contributed by atoms with Gasteiger partial charge in [0.25, 0.3) is 5.69 Å². The molecule has 0 fully saturated rings. The lowest BCUT2D eigenvalue weighted by atomic mass is 10.1. The zero-order valence-corrected chi connectivity index (χ0v) is 18.8. The van der Waals surface area contributed by atoms with Gasteiger partial charge >= 0.3 is 5.97 Å². The van der Waals surface area contributed by atoms with E-state index in [9.17, 15) is 20.0 Å². The van der Waals surface area contributed by atoms with E-state index >= 15 is 0 Å². The molecule has 0 aliphatic heterocycles. The second kappa shape index (κ2) is 11.1. The SMILES string of the molecule is CCCc1nc(S/C(=C\c2cc(OC)c(OCc3ccccc3)cc2[N+](=O)[O-])C(=O)O)n[nH]1. The number of hydrogen-bond donors (Lipinski definition) is 2. The van der Waals surface area contributed by atoms with Crippen LogP contribution in [0.1, 0.15) is 30.3 Å². The third-order valence-electron chi connectivity index (χ3n) is 4.44. The van der Waals surface area contributed by atoms with E-state index in [1.54, 1.807) is 0 Å². The molecule has 0 aliphatic rings. The van der Waals surface area contributed by atoms with Crippen LogP contribution in [0, 0.1) is 10.1 Å². The van der Waals surface area contributed by atoms with Gasteiger partial charge in [-0.25, -0.2) is 9.78 Å². The number of carboxylic acids is 1. The summed E-state index contributed by atoms with van der Waals surface area (Å²) in [6.07, 6.45) is 2.73. The number of aromatic amines is 1. The van der Waals surface area contributed by atoms with Crippen molar-refractivity contribution in [3.05, 3.63) is 74.4 Å². The fourth-order valence-corrected chi connectivity index (χ4v) is 3.61. The van der Waals surface area contributed by atoms with E-state index in [4.69, 9.17) is 9.47 Å². The van der Waals surface area contributed by atoms with Gasteiger partial charge in [-0.15, -0.1) is 5.10 Å². The molecule has 0 unspecified atom stereocenters. The van der Waals surface area contributed by atoms with Gasteiger partial charge in [0.05, 0.1) is 23.7 Å². The Bertz CT molecular complexity index is 1160. The van der Waals surface area contributed by atoms with Gasteiger partial charge in [-0.05, 0) is 35.9 Å². The van der Waals surface area contributed by atoms with Gasteiger partial charge in [-0.3, -0.25) is 15.2 Å². The van der Waals surface area contributed by atoms with Crippen molar-refractivity contribution in [1.82, 2.24) is 15.2 Å². The number of ether oxygens (including phenoxy) is 2. The van der Waals surface area contributed by atoms with E-state index in [2.05, 4.69) is 15.2 Å². The van der Waals surface area contributed by atoms with E-state index in [0.29, 0.717) is 12.2 Å². The molecule has 0 spiro atoms. The maximum Gasteiger partial charge on any atom is 0.342 e. The zero-order chi connectivity index (χ0) is 23.8. The number of nitro groups is 1. The Balaban J connectivity index is 1.94. The fourth-order valence-electron chi connectivity index (χ4n) is 2.89. The van der Waals surface area contributed by atoms with Crippen LogP contribution >= 0.6 is 11.8 Å². The Kier molecular flexibility index (Phi) is 8.03. The first-order chi connectivity index (χ1) is 15.9. The lowest BCUT2D eigenvalue weighted by Crippen LogP contribution is -2.02. The minimum absolute atomic E-state index is 0.0538. The van der Waals surface area contributed by atoms with Crippen molar-refractivity contribution in [3.63, 3.8) is 0 Å². The highest BCUT2D eigenvalue weighted by atomic mass is 32.2. The lowest BCUT2D eigenvalue weighted by Gasteiger charge is -2.12. The van der Waals surface area contributed by atoms with Gasteiger partial charge in [-0.1, -0.05) is 37.3 Å². The van der Waals surface area contributed by atoms with Crippen molar-refractivity contribution >= 4 is 29.5 Å². The van der Waals surface area contributed by atoms with Crippen LogP contribution < -0.4 is 9.47 Å². The molecule has 0 amide bonds. The number of hydrogen-bond acceptors (Lipinski definition) is 8. The van der Waals surface area contributed by atoms with Crippen LogP contribution in [-0.4, -0.2) is 38.3 Å². The van der Waals surface area contributed by atoms with Crippen molar-refractivity contribution in [2.45, 2.75) is 31.5 Å². The molecule has 2 aromatic carbocycles. The minimum Gasteiger partial charge on any atom is -0.493 e. The molecule has 3 aromatic rings. The highest BCUT2D eigenvalue weighted by Gasteiger charge is 2.22. The Morgan fingerprint density at radius 3 is 2.67 bits per heavy atom. The van der Waals surface area contributed by atoms with Crippen LogP contribution in [-0.2, 0) is 17.8 Å². The summed E-state index contributed by atoms with van der Waals surface area (Å²) < 4.78 is 11.1. The Hall–Kier alpha value is -3.86. The highest BCUT2D eigenvalue weighted by Crippen LogP contribution is 2.37. The number of aromatic nitrogens is 3. The van der Waals surface area contributed by atoms with Crippen molar-refractivity contribution in [1.29, 1.82) is 0 Å². The fraction of sp³-hybridized carbons (Fsp3) is 0.227. The van der Waals surface area contributed by atoms with E-state index in [1.807, 2.05) is 37.3 Å². The molecule has 10 nitrogen and oxygen atoms in total. The molecule has 0 bridgehead atoms. The molecule has 1 heterocycles. The first-order valence-electron chi connectivity index (χ1n) is 9.98. The third kappa shape index (κ3) is 6.32. The molecule has 172 valence electrons. The number of nitro benzene ring substituents is 1. The van der Waals surface area contributed by atoms with E-state index in [-0.39, 0.29) is 39.4 Å². The Labute approximate surface area is 193 Å². The summed E-state index contributed by atoms with van der Waals surface area (Å²) in [4.78, 5) is 27.0. The van der Waals surface area contributed by atoms with Crippen LogP contribution in [0.15, 0.2) is 52.5 Å². The Morgan fingerprint density at radius 2 is 2.03 bits per heavy atom. The summed E-state index contributed by atoms with van der Waals surface area (Å²) in [6, 6.07) is 11.9. The molecule has 3 rings (SSSR count). The minimum atomic E-state index is -1.26. The molecular weight excluding hydrogens is 448 g/mol. The first-order valence-corrected chi connectivity index (χ1v) is 10.8. The van der Waals surface area contributed by atoms with Gasteiger partial charge in [-0.2, -0.15) is 0 Å². The van der Waals surface area contributed by atoms with E-state index < -0.39 is 10.9 Å². The average Bonchev–Trinajstić information content (AvgIpc) is 3.25. The summed E-state index contributed by atoms with van der Waals surface area (Å²) in [5, 5.41) is 28.3. The number of aryl methyl sites for hydroxylation is 1. The number of carboxylic acid groups (broad SMARTS) is 1. The maximum absolute atomic E-state index is 11.8. The van der Waals surface area contributed by atoms with Gasteiger partial charge < -0.3 is 14.6 Å². The van der Waals surface area contributed by atoms with Crippen LogP contribution in [0.5, 0.6) is 11.5 Å². The molecule has 0 atom stereocenters. The molecule has 0 radical (unpaired) electrons. The summed E-state index contributed by atoms with van der Waals surface area (Å²) in [7, 11) is 1.40. The zero-order valence-electron chi connectivity index (χ0n) is 18.0. The number of carbonyl (C=O) groups is 1. The van der Waals surface area contributed by atoms with E-state index in [0.717, 1.165) is 23.7 Å². The van der Waals surface area contributed by atoms with E-state index in [1.165, 1.54) is 25.3 Å². The largest absolute Gasteiger partial charge is 0.493 e. The number of thioether (sulfide) groups is 1. The van der Waals surface area contributed by atoms with Gasteiger partial charge in [0.1, 0.15) is 17.3 Å². The summed E-state index contributed by atoms with van der Waals surface area (Å²) in [5.74, 6) is -0.217. The average molecular weight is 471 g/mol. The Morgan fingerprint density at radius 1 is 1.27 bits per heavy atom. The van der Waals surface area contributed by atoms with Crippen molar-refractivity contribution in [2.24, 2.45) is 0 Å². The number of benzene rings is 2. The molecule has 1 aromatic heterocycles. The lowest BCUT2D eigenvalue weighted by molar-refractivity contribution is -0.385. The van der Waals surface area contributed by atoms with Gasteiger partial charge in [0, 0.05) is 6.42 Å². The number of H-pyrrole nitrogens is 1. The predicted molar refractivity (Wildman–Crippen MR) is 122 cm³/mol. The maximum atomic E-state index is 11.8. The number of nitrogens with zero attached hydrogens (tertiary/aromatic N) is 3. The summed E-state index contributed by atoms with van der Waals surface area (Å²) >= 11 is 0.797. The van der Waals surface area contributed by atoms with Gasteiger partial charge in [0.2, 0.25) is 5.16 Å². The van der Waals surface area contributed by atoms with Crippen molar-refractivity contribution < 1.29 is 24.3 Å². The standard InChI is InChI=1S/C22H22N4O6S/c1-3-7-20-23-22(25-24-20)33-19(21(27)28)11-15-10-17(31-2)18(12-16(15)26(29)30)32-13-14-8-5-4-6-9-14/h4-6,8-12H,3,7,13H2,1-2H3,(H,27,28)(H,23,24,25)/b19-11-. The van der Waals surface area contributed by atoms with Crippen molar-refractivity contribution in [2.75, 3.05) is 7.11 Å². The molecule has 0 aliphatic carbocycles. The smallest absolute Gasteiger partial charge is 0.342 e. The molecular formula is C22H22N4O6S. The monoisotopic (exact) mass is 470 g/mol. The normalized spacial score (nSPS) is 11.3. The molecule has 33 heavy (non-hydrogen) atoms. The van der Waals surface area contributed by atoms with Crippen LogP contribution in [0.4, 0.5) is 5.69 Å². The van der Waals surface area contributed by atoms with Crippen LogP contribution in [0.3, 0.4) is 0 Å². The molecule has 11 heteroatoms. The first kappa shape index (κ1) is 23.8. The third-order valence-corrected chi connectivity index (χ3v) is 5.32. The van der Waals surface area contributed by atoms with Crippen molar-refractivity contribution in [3.8, 4) is 11.5 Å². The number of rotatable bonds is 11. The molecule has 0 saturated carbocycles. The second-order valence-corrected chi connectivity index (χ2v) is 7.83. The second-order valence-electron chi connectivity index (χ2n) is 6.82. The number of aliphatic carboxylic acids is 1. The van der Waals surface area contributed by atoms with Gasteiger partial charge in [0.15, 0.2) is 11.5 Å². The van der Waals surface area contributed by atoms with Crippen LogP contribution in [0.2, 0.25) is 0 Å². The summed E-state index contributed by atoms with van der Waals surface area (Å²) in [5.41, 5.74) is 0.614. The number of methoxy groups -OCH3 is 1.